The third-order valence-electron chi connectivity index (χ3n) is 3.74. The monoisotopic (exact) mass is 294 g/mol. The van der Waals surface area contributed by atoms with Gasteiger partial charge in [-0.3, -0.25) is 0 Å². The molecule has 0 aliphatic heterocycles. The average Bonchev–Trinajstić information content (AvgIpc) is 2.86. The van der Waals surface area contributed by atoms with Crippen LogP contribution < -0.4 is 10.6 Å². The standard InChI is InChI=1S/C15H22N2O4/c1-10-13(14(18)20-2)8-12(21-10)9-16-15(19)17-11-6-4-3-5-7-11/h8,11H,3-7,9H2,1-2H3,(H2,16,17,19). The molecule has 1 heterocycles. The number of methoxy groups -OCH3 is 1. The summed E-state index contributed by atoms with van der Waals surface area (Å²) in [5.74, 6) is 0.590. The molecule has 2 rings (SSSR count). The predicted octanol–water partition coefficient (Wildman–Crippen LogP) is 2.51. The molecule has 2 N–H and O–H groups in total. The first-order valence-electron chi connectivity index (χ1n) is 7.32. The number of esters is 1. The zero-order valence-electron chi connectivity index (χ0n) is 12.5. The molecule has 0 unspecified atom stereocenters. The lowest BCUT2D eigenvalue weighted by atomic mass is 9.96. The molecule has 0 aromatic carbocycles. The number of carbonyl (C=O) groups is 2. The summed E-state index contributed by atoms with van der Waals surface area (Å²) in [6.45, 7) is 1.94. The number of amides is 2. The third-order valence-corrected chi connectivity index (χ3v) is 3.74. The largest absolute Gasteiger partial charge is 0.465 e. The fraction of sp³-hybridized carbons (Fsp3) is 0.600. The number of furan rings is 1. The van der Waals surface area contributed by atoms with E-state index in [0.29, 0.717) is 17.1 Å². The molecule has 0 spiro atoms. The molecule has 1 aromatic heterocycles. The van der Waals surface area contributed by atoms with Gasteiger partial charge in [-0.15, -0.1) is 0 Å². The van der Waals surface area contributed by atoms with Gasteiger partial charge in [-0.2, -0.15) is 0 Å². The van der Waals surface area contributed by atoms with Gasteiger partial charge in [-0.1, -0.05) is 19.3 Å². The zero-order valence-corrected chi connectivity index (χ0v) is 12.5. The van der Waals surface area contributed by atoms with Crippen LogP contribution in [-0.4, -0.2) is 25.2 Å². The molecule has 2 amide bonds. The van der Waals surface area contributed by atoms with E-state index >= 15 is 0 Å². The SMILES string of the molecule is COC(=O)c1cc(CNC(=O)NC2CCCCC2)oc1C. The van der Waals surface area contributed by atoms with Crippen molar-refractivity contribution in [3.05, 3.63) is 23.2 Å². The van der Waals surface area contributed by atoms with Gasteiger partial charge in [0.1, 0.15) is 17.1 Å². The fourth-order valence-electron chi connectivity index (χ4n) is 2.59. The molecule has 6 nitrogen and oxygen atoms in total. The van der Waals surface area contributed by atoms with Crippen molar-refractivity contribution in [3.63, 3.8) is 0 Å². The summed E-state index contributed by atoms with van der Waals surface area (Å²) in [6, 6.07) is 1.67. The lowest BCUT2D eigenvalue weighted by Gasteiger charge is -2.22. The van der Waals surface area contributed by atoms with Gasteiger partial charge in [0.15, 0.2) is 0 Å². The van der Waals surface area contributed by atoms with E-state index in [0.717, 1.165) is 12.8 Å². The van der Waals surface area contributed by atoms with E-state index in [-0.39, 0.29) is 18.6 Å². The number of ether oxygens (including phenoxy) is 1. The van der Waals surface area contributed by atoms with Gasteiger partial charge in [0.05, 0.1) is 13.7 Å². The van der Waals surface area contributed by atoms with Crippen LogP contribution in [0.5, 0.6) is 0 Å². The molecule has 1 aromatic rings. The van der Waals surface area contributed by atoms with E-state index in [1.54, 1.807) is 13.0 Å². The number of hydrogen-bond acceptors (Lipinski definition) is 4. The minimum Gasteiger partial charge on any atom is -0.465 e. The molecule has 1 aliphatic rings. The number of hydrogen-bond donors (Lipinski definition) is 2. The van der Waals surface area contributed by atoms with E-state index in [1.807, 2.05) is 0 Å². The highest BCUT2D eigenvalue weighted by molar-refractivity contribution is 5.90. The maximum Gasteiger partial charge on any atom is 0.341 e. The Balaban J connectivity index is 1.82. The first-order valence-corrected chi connectivity index (χ1v) is 7.32. The number of urea groups is 1. The van der Waals surface area contributed by atoms with Crippen molar-refractivity contribution in [3.8, 4) is 0 Å². The number of nitrogens with one attached hydrogen (secondary N) is 2. The van der Waals surface area contributed by atoms with Crippen LogP contribution in [0, 0.1) is 6.92 Å². The topological polar surface area (TPSA) is 80.6 Å². The van der Waals surface area contributed by atoms with Crippen LogP contribution in [0.3, 0.4) is 0 Å². The van der Waals surface area contributed by atoms with E-state index in [1.165, 1.54) is 26.4 Å². The summed E-state index contributed by atoms with van der Waals surface area (Å²) in [6.07, 6.45) is 5.68. The van der Waals surface area contributed by atoms with Crippen molar-refractivity contribution >= 4 is 12.0 Å². The summed E-state index contributed by atoms with van der Waals surface area (Å²) < 4.78 is 10.1. The Morgan fingerprint density at radius 3 is 2.71 bits per heavy atom. The Morgan fingerprint density at radius 1 is 1.33 bits per heavy atom. The minimum atomic E-state index is -0.436. The van der Waals surface area contributed by atoms with Gasteiger partial charge in [-0.25, -0.2) is 9.59 Å². The normalized spacial score (nSPS) is 15.5. The first-order chi connectivity index (χ1) is 10.1. The quantitative estimate of drug-likeness (QED) is 0.836. The highest BCUT2D eigenvalue weighted by Gasteiger charge is 2.17. The molecule has 1 fully saturated rings. The van der Waals surface area contributed by atoms with Crippen LogP contribution in [0.4, 0.5) is 4.79 Å². The smallest absolute Gasteiger partial charge is 0.341 e. The van der Waals surface area contributed by atoms with Gasteiger partial charge in [-0.05, 0) is 25.8 Å². The summed E-state index contributed by atoms with van der Waals surface area (Å²) in [7, 11) is 1.32. The second-order valence-electron chi connectivity index (χ2n) is 5.34. The highest BCUT2D eigenvalue weighted by atomic mass is 16.5. The molecule has 1 saturated carbocycles. The van der Waals surface area contributed by atoms with Gasteiger partial charge in [0.2, 0.25) is 0 Å². The van der Waals surface area contributed by atoms with Crippen LogP contribution in [0.25, 0.3) is 0 Å². The van der Waals surface area contributed by atoms with Crippen molar-refractivity contribution in [2.24, 2.45) is 0 Å². The number of carbonyl (C=O) groups excluding carboxylic acids is 2. The third kappa shape index (κ3) is 4.24. The molecular weight excluding hydrogens is 272 g/mol. The highest BCUT2D eigenvalue weighted by Crippen LogP contribution is 2.17. The Kier molecular flexibility index (Phi) is 5.25. The Labute approximate surface area is 124 Å². The summed E-state index contributed by atoms with van der Waals surface area (Å²) in [5.41, 5.74) is 0.391. The Morgan fingerprint density at radius 2 is 2.05 bits per heavy atom. The van der Waals surface area contributed by atoms with Crippen LogP contribution in [0.15, 0.2) is 10.5 Å². The second-order valence-corrected chi connectivity index (χ2v) is 5.34. The first kappa shape index (κ1) is 15.4. The van der Waals surface area contributed by atoms with Crippen LogP contribution >= 0.6 is 0 Å². The number of rotatable bonds is 4. The van der Waals surface area contributed by atoms with Gasteiger partial charge in [0.25, 0.3) is 0 Å². The van der Waals surface area contributed by atoms with E-state index in [4.69, 9.17) is 4.42 Å². The van der Waals surface area contributed by atoms with Gasteiger partial charge >= 0.3 is 12.0 Å². The molecular formula is C15H22N2O4. The Hall–Kier alpha value is -1.98. The zero-order chi connectivity index (χ0) is 15.2. The van der Waals surface area contributed by atoms with Crippen molar-refractivity contribution in [1.82, 2.24) is 10.6 Å². The molecule has 0 radical (unpaired) electrons. The van der Waals surface area contributed by atoms with Crippen molar-refractivity contribution < 1.29 is 18.7 Å². The average molecular weight is 294 g/mol. The van der Waals surface area contributed by atoms with Gasteiger partial charge in [0, 0.05) is 6.04 Å². The van der Waals surface area contributed by atoms with Crippen LogP contribution in [0.1, 0.15) is 54.0 Å². The van der Waals surface area contributed by atoms with E-state index in [9.17, 15) is 9.59 Å². The maximum absolute atomic E-state index is 11.8. The molecule has 0 bridgehead atoms. The van der Waals surface area contributed by atoms with Gasteiger partial charge < -0.3 is 19.8 Å². The summed E-state index contributed by atoms with van der Waals surface area (Å²) >= 11 is 0. The van der Waals surface area contributed by atoms with Crippen LogP contribution in [-0.2, 0) is 11.3 Å². The predicted molar refractivity (Wildman–Crippen MR) is 77.0 cm³/mol. The lowest BCUT2D eigenvalue weighted by Crippen LogP contribution is -2.42. The number of aryl methyl sites for hydroxylation is 1. The summed E-state index contributed by atoms with van der Waals surface area (Å²) in [5, 5.41) is 5.71. The fourth-order valence-corrected chi connectivity index (χ4v) is 2.59. The molecule has 0 saturated heterocycles. The maximum atomic E-state index is 11.8. The second kappa shape index (κ2) is 7.15. The van der Waals surface area contributed by atoms with Crippen molar-refractivity contribution in [2.75, 3.05) is 7.11 Å². The van der Waals surface area contributed by atoms with Crippen molar-refractivity contribution in [1.29, 1.82) is 0 Å². The molecule has 0 atom stereocenters. The van der Waals surface area contributed by atoms with E-state index in [2.05, 4.69) is 15.4 Å². The Bertz CT molecular complexity index is 504. The minimum absolute atomic E-state index is 0.199. The van der Waals surface area contributed by atoms with Crippen molar-refractivity contribution in [2.45, 2.75) is 51.6 Å². The summed E-state index contributed by atoms with van der Waals surface area (Å²) in [4.78, 5) is 23.3. The molecule has 6 heteroatoms. The molecule has 1 aliphatic carbocycles. The molecule has 21 heavy (non-hydrogen) atoms. The van der Waals surface area contributed by atoms with E-state index < -0.39 is 5.97 Å². The van der Waals surface area contributed by atoms with Crippen LogP contribution in [0.2, 0.25) is 0 Å². The lowest BCUT2D eigenvalue weighted by molar-refractivity contribution is 0.0598. The molecule has 116 valence electrons.